The molecule has 2 aromatic carbocycles. The molecule has 2 aromatic rings. The summed E-state index contributed by atoms with van der Waals surface area (Å²) >= 11 is 0. The molecule has 2 rings (SSSR count). The Hall–Kier alpha value is -2.02. The van der Waals surface area contributed by atoms with Crippen molar-refractivity contribution in [1.29, 1.82) is 0 Å². The maximum atomic E-state index is 4.39. The molecule has 0 bridgehead atoms. The normalized spacial score (nSPS) is 10.6. The van der Waals surface area contributed by atoms with Crippen LogP contribution in [0.1, 0.15) is 64.7 Å². The Bertz CT molecular complexity index is 549. The van der Waals surface area contributed by atoms with Crippen LogP contribution in [0.2, 0.25) is 0 Å². The van der Waals surface area contributed by atoms with Gasteiger partial charge in [-0.2, -0.15) is 0 Å². The van der Waals surface area contributed by atoms with Crippen LogP contribution in [0.15, 0.2) is 72.9 Å². The molecule has 0 aliphatic heterocycles. The molecular formula is C24H33N. The smallest absolute Gasteiger partial charge is 0.0458 e. The van der Waals surface area contributed by atoms with Crippen LogP contribution in [0.25, 0.3) is 0 Å². The number of para-hydroxylation sites is 2. The van der Waals surface area contributed by atoms with Crippen LogP contribution in [0.3, 0.4) is 0 Å². The zero-order valence-electron chi connectivity index (χ0n) is 15.8. The molecule has 0 heterocycles. The first-order chi connectivity index (χ1) is 12.3. The fraction of sp³-hybridized carbons (Fsp3) is 0.417. The highest BCUT2D eigenvalue weighted by Crippen LogP contribution is 2.30. The highest BCUT2D eigenvalue weighted by atomic mass is 15.1. The van der Waals surface area contributed by atoms with Crippen molar-refractivity contribution in [3.8, 4) is 0 Å². The van der Waals surface area contributed by atoms with Gasteiger partial charge in [-0.1, -0.05) is 94.8 Å². The van der Waals surface area contributed by atoms with Gasteiger partial charge in [0, 0.05) is 17.1 Å². The Labute approximate surface area is 154 Å². The molecule has 0 N–H and O–H groups in total. The zero-order valence-corrected chi connectivity index (χ0v) is 15.8. The van der Waals surface area contributed by atoms with Gasteiger partial charge in [0.05, 0.1) is 0 Å². The maximum absolute atomic E-state index is 4.39. The lowest BCUT2D eigenvalue weighted by Gasteiger charge is -2.27. The fourth-order valence-corrected chi connectivity index (χ4v) is 3.24. The molecule has 0 spiro atoms. The SMILES string of the molecule is C=C(CCCCCCCCCC)N(c1ccccc1)c1ccccc1. The second-order valence-corrected chi connectivity index (χ2v) is 6.80. The number of unbranched alkanes of at least 4 members (excludes halogenated alkanes) is 7. The molecule has 0 saturated carbocycles. The van der Waals surface area contributed by atoms with Crippen molar-refractivity contribution in [2.75, 3.05) is 4.90 Å². The largest absolute Gasteiger partial charge is 0.315 e. The second kappa shape index (κ2) is 11.5. The van der Waals surface area contributed by atoms with Crippen molar-refractivity contribution in [1.82, 2.24) is 0 Å². The monoisotopic (exact) mass is 335 g/mol. The number of benzene rings is 2. The van der Waals surface area contributed by atoms with Crippen molar-refractivity contribution in [3.05, 3.63) is 72.9 Å². The third-order valence-electron chi connectivity index (χ3n) is 4.66. The molecule has 0 saturated heterocycles. The first kappa shape index (κ1) is 19.3. The summed E-state index contributed by atoms with van der Waals surface area (Å²) in [6, 6.07) is 21.1. The summed E-state index contributed by atoms with van der Waals surface area (Å²) in [4.78, 5) is 2.29. The summed E-state index contributed by atoms with van der Waals surface area (Å²) < 4.78 is 0. The van der Waals surface area contributed by atoms with E-state index in [9.17, 15) is 0 Å². The van der Waals surface area contributed by atoms with Crippen molar-refractivity contribution < 1.29 is 0 Å². The Kier molecular flexibility index (Phi) is 8.90. The van der Waals surface area contributed by atoms with Crippen molar-refractivity contribution >= 4 is 11.4 Å². The number of anilines is 2. The van der Waals surface area contributed by atoms with Gasteiger partial charge in [-0.05, 0) is 37.1 Å². The number of hydrogen-bond donors (Lipinski definition) is 0. The van der Waals surface area contributed by atoms with Crippen LogP contribution in [0.5, 0.6) is 0 Å². The van der Waals surface area contributed by atoms with E-state index >= 15 is 0 Å². The van der Waals surface area contributed by atoms with E-state index in [0.29, 0.717) is 0 Å². The summed E-state index contributed by atoms with van der Waals surface area (Å²) in [5.74, 6) is 0. The molecule has 0 aliphatic carbocycles. The van der Waals surface area contributed by atoms with E-state index in [1.54, 1.807) is 0 Å². The first-order valence-electron chi connectivity index (χ1n) is 9.91. The lowest BCUT2D eigenvalue weighted by molar-refractivity contribution is 0.574. The number of rotatable bonds is 12. The molecule has 0 radical (unpaired) electrons. The highest BCUT2D eigenvalue weighted by Gasteiger charge is 2.12. The summed E-state index contributed by atoms with van der Waals surface area (Å²) in [5, 5.41) is 0. The predicted octanol–water partition coefficient (Wildman–Crippen LogP) is 7.87. The Morgan fingerprint density at radius 3 is 1.60 bits per heavy atom. The van der Waals surface area contributed by atoms with E-state index in [1.165, 1.54) is 68.4 Å². The zero-order chi connectivity index (χ0) is 17.7. The summed E-state index contributed by atoms with van der Waals surface area (Å²) in [7, 11) is 0. The molecule has 0 unspecified atom stereocenters. The van der Waals surface area contributed by atoms with Crippen LogP contribution in [-0.4, -0.2) is 0 Å². The van der Waals surface area contributed by atoms with Crippen LogP contribution >= 0.6 is 0 Å². The average molecular weight is 336 g/mol. The minimum atomic E-state index is 1.05. The highest BCUT2D eigenvalue weighted by molar-refractivity contribution is 5.67. The molecule has 1 heteroatoms. The van der Waals surface area contributed by atoms with Gasteiger partial charge in [0.2, 0.25) is 0 Å². The molecule has 0 fully saturated rings. The van der Waals surface area contributed by atoms with Crippen LogP contribution < -0.4 is 4.90 Å². The van der Waals surface area contributed by atoms with Crippen molar-refractivity contribution in [2.24, 2.45) is 0 Å². The summed E-state index contributed by atoms with van der Waals surface area (Å²) in [6.45, 7) is 6.67. The molecule has 0 atom stereocenters. The van der Waals surface area contributed by atoms with Crippen LogP contribution in [0, 0.1) is 0 Å². The molecule has 1 nitrogen and oxygen atoms in total. The Morgan fingerprint density at radius 1 is 0.680 bits per heavy atom. The van der Waals surface area contributed by atoms with Crippen LogP contribution in [0.4, 0.5) is 11.4 Å². The van der Waals surface area contributed by atoms with Gasteiger partial charge in [-0.3, -0.25) is 0 Å². The lowest BCUT2D eigenvalue weighted by Crippen LogP contribution is -2.15. The topological polar surface area (TPSA) is 3.24 Å². The maximum Gasteiger partial charge on any atom is 0.0458 e. The second-order valence-electron chi connectivity index (χ2n) is 6.80. The average Bonchev–Trinajstić information content (AvgIpc) is 2.66. The van der Waals surface area contributed by atoms with Gasteiger partial charge in [0.1, 0.15) is 0 Å². The molecule has 0 aliphatic rings. The minimum Gasteiger partial charge on any atom is -0.315 e. The van der Waals surface area contributed by atoms with E-state index < -0.39 is 0 Å². The third kappa shape index (κ3) is 6.78. The van der Waals surface area contributed by atoms with Gasteiger partial charge >= 0.3 is 0 Å². The standard InChI is InChI=1S/C24H33N/c1-3-4-5-6-7-8-9-12-17-22(2)25(23-18-13-10-14-19-23)24-20-15-11-16-21-24/h10-11,13-16,18-21H,2-9,12,17H2,1H3. The van der Waals surface area contributed by atoms with E-state index in [1.807, 2.05) is 0 Å². The predicted molar refractivity (Wildman–Crippen MR) is 111 cm³/mol. The van der Waals surface area contributed by atoms with Crippen LogP contribution in [-0.2, 0) is 0 Å². The third-order valence-corrected chi connectivity index (χ3v) is 4.66. The first-order valence-corrected chi connectivity index (χ1v) is 9.91. The van der Waals surface area contributed by atoms with E-state index in [2.05, 4.69) is 79.1 Å². The lowest BCUT2D eigenvalue weighted by atomic mass is 10.1. The van der Waals surface area contributed by atoms with Gasteiger partial charge in [0.15, 0.2) is 0 Å². The summed E-state index contributed by atoms with van der Waals surface area (Å²) in [5.41, 5.74) is 3.57. The quantitative estimate of drug-likeness (QED) is 0.357. The number of allylic oxidation sites excluding steroid dienone is 1. The molecule has 0 aromatic heterocycles. The molecular weight excluding hydrogens is 302 g/mol. The molecule has 134 valence electrons. The van der Waals surface area contributed by atoms with E-state index in [0.717, 1.165) is 6.42 Å². The van der Waals surface area contributed by atoms with E-state index in [4.69, 9.17) is 0 Å². The van der Waals surface area contributed by atoms with Crippen molar-refractivity contribution in [3.63, 3.8) is 0 Å². The fourth-order valence-electron chi connectivity index (χ4n) is 3.24. The van der Waals surface area contributed by atoms with Gasteiger partial charge in [-0.25, -0.2) is 0 Å². The number of hydrogen-bond acceptors (Lipinski definition) is 1. The summed E-state index contributed by atoms with van der Waals surface area (Å²) in [6.07, 6.45) is 11.8. The Balaban J connectivity index is 1.85. The molecule has 0 amide bonds. The Morgan fingerprint density at radius 2 is 1.12 bits per heavy atom. The van der Waals surface area contributed by atoms with Gasteiger partial charge in [0.25, 0.3) is 0 Å². The minimum absolute atomic E-state index is 1.05. The van der Waals surface area contributed by atoms with Crippen molar-refractivity contribution in [2.45, 2.75) is 64.7 Å². The van der Waals surface area contributed by atoms with Gasteiger partial charge in [-0.15, -0.1) is 0 Å². The molecule has 25 heavy (non-hydrogen) atoms. The van der Waals surface area contributed by atoms with Gasteiger partial charge < -0.3 is 4.90 Å². The van der Waals surface area contributed by atoms with E-state index in [-0.39, 0.29) is 0 Å². The number of nitrogens with zero attached hydrogens (tertiary/aromatic N) is 1.